The maximum Gasteiger partial charge on any atom is 0.262 e. The Hall–Kier alpha value is -1.35. The van der Waals surface area contributed by atoms with Crippen LogP contribution < -0.4 is 5.32 Å². The van der Waals surface area contributed by atoms with E-state index in [2.05, 4.69) is 29.0 Å². The SMILES string of the molecule is CCN1CCC(CNC(=O)c2sccc2C#CCO)C1. The topological polar surface area (TPSA) is 52.6 Å². The predicted octanol–water partition coefficient (Wildman–Crippen LogP) is 1.16. The monoisotopic (exact) mass is 292 g/mol. The third kappa shape index (κ3) is 3.83. The minimum absolute atomic E-state index is 0.0582. The van der Waals surface area contributed by atoms with E-state index in [1.54, 1.807) is 0 Å². The molecule has 1 fully saturated rings. The Labute approximate surface area is 123 Å². The summed E-state index contributed by atoms with van der Waals surface area (Å²) >= 11 is 1.39. The zero-order valence-electron chi connectivity index (χ0n) is 11.7. The molecule has 2 heterocycles. The van der Waals surface area contributed by atoms with Gasteiger partial charge in [-0.25, -0.2) is 0 Å². The fourth-order valence-electron chi connectivity index (χ4n) is 2.40. The van der Waals surface area contributed by atoms with Gasteiger partial charge in [0.2, 0.25) is 0 Å². The number of amides is 1. The summed E-state index contributed by atoms with van der Waals surface area (Å²) in [6, 6.07) is 1.82. The number of thiophene rings is 1. The summed E-state index contributed by atoms with van der Waals surface area (Å²) in [5.74, 6) is 5.88. The number of nitrogens with one attached hydrogen (secondary N) is 1. The first-order chi connectivity index (χ1) is 9.74. The summed E-state index contributed by atoms with van der Waals surface area (Å²) in [6.07, 6.45) is 1.15. The van der Waals surface area contributed by atoms with E-state index in [1.807, 2.05) is 11.4 Å². The second-order valence-electron chi connectivity index (χ2n) is 4.88. The quantitative estimate of drug-likeness (QED) is 0.819. The third-order valence-corrected chi connectivity index (χ3v) is 4.46. The highest BCUT2D eigenvalue weighted by molar-refractivity contribution is 7.12. The summed E-state index contributed by atoms with van der Waals surface area (Å²) in [7, 11) is 0. The lowest BCUT2D eigenvalue weighted by atomic mass is 10.1. The van der Waals surface area contributed by atoms with Crippen LogP contribution in [0.1, 0.15) is 28.6 Å². The Morgan fingerprint density at radius 3 is 3.20 bits per heavy atom. The number of carbonyl (C=O) groups excluding carboxylic acids is 1. The molecule has 20 heavy (non-hydrogen) atoms. The highest BCUT2D eigenvalue weighted by Gasteiger charge is 2.22. The zero-order chi connectivity index (χ0) is 14.4. The molecule has 108 valence electrons. The molecule has 1 unspecified atom stereocenters. The average Bonchev–Trinajstić information content (AvgIpc) is 3.11. The van der Waals surface area contributed by atoms with E-state index in [-0.39, 0.29) is 12.5 Å². The molecule has 2 N–H and O–H groups in total. The Kier molecular flexibility index (Phi) is 5.60. The van der Waals surface area contributed by atoms with Crippen molar-refractivity contribution in [1.29, 1.82) is 0 Å². The molecule has 0 aromatic carbocycles. The van der Waals surface area contributed by atoms with Crippen molar-refractivity contribution in [2.24, 2.45) is 5.92 Å². The second-order valence-corrected chi connectivity index (χ2v) is 5.80. The van der Waals surface area contributed by atoms with Gasteiger partial charge in [-0.1, -0.05) is 18.8 Å². The predicted molar refractivity (Wildman–Crippen MR) is 80.8 cm³/mol. The minimum atomic E-state index is -0.189. The molecule has 2 rings (SSSR count). The molecule has 0 aliphatic carbocycles. The van der Waals surface area contributed by atoms with Gasteiger partial charge in [-0.3, -0.25) is 4.79 Å². The molecule has 5 heteroatoms. The van der Waals surface area contributed by atoms with Gasteiger partial charge in [0.1, 0.15) is 11.5 Å². The van der Waals surface area contributed by atoms with Crippen LogP contribution in [0.3, 0.4) is 0 Å². The Morgan fingerprint density at radius 1 is 1.65 bits per heavy atom. The number of nitrogens with zero attached hydrogens (tertiary/aromatic N) is 1. The Bertz CT molecular complexity index is 515. The van der Waals surface area contributed by atoms with Crippen molar-refractivity contribution in [2.75, 3.05) is 32.8 Å². The molecule has 1 atom stereocenters. The molecule has 0 spiro atoms. The molecule has 1 aliphatic heterocycles. The van der Waals surface area contributed by atoms with Gasteiger partial charge in [-0.2, -0.15) is 0 Å². The number of hydrogen-bond donors (Lipinski definition) is 2. The third-order valence-electron chi connectivity index (χ3n) is 3.54. The maximum absolute atomic E-state index is 12.2. The average molecular weight is 292 g/mol. The second kappa shape index (κ2) is 7.44. The van der Waals surface area contributed by atoms with Gasteiger partial charge in [0, 0.05) is 18.7 Å². The van der Waals surface area contributed by atoms with Crippen LogP contribution in [0.2, 0.25) is 0 Å². The lowest BCUT2D eigenvalue weighted by molar-refractivity contribution is 0.0951. The van der Waals surface area contributed by atoms with Crippen LogP contribution in [0.15, 0.2) is 11.4 Å². The Balaban J connectivity index is 1.88. The lowest BCUT2D eigenvalue weighted by Crippen LogP contribution is -2.30. The van der Waals surface area contributed by atoms with Crippen LogP contribution in [0.5, 0.6) is 0 Å². The van der Waals surface area contributed by atoms with Crippen molar-refractivity contribution in [3.05, 3.63) is 21.9 Å². The molecule has 4 nitrogen and oxygen atoms in total. The molecule has 1 aliphatic rings. The van der Waals surface area contributed by atoms with Gasteiger partial charge in [0.25, 0.3) is 5.91 Å². The highest BCUT2D eigenvalue weighted by Crippen LogP contribution is 2.17. The smallest absolute Gasteiger partial charge is 0.262 e. The fraction of sp³-hybridized carbons (Fsp3) is 0.533. The van der Waals surface area contributed by atoms with Gasteiger partial charge in [0.05, 0.1) is 0 Å². The number of likely N-dealkylation sites (tertiary alicyclic amines) is 1. The molecule has 0 radical (unpaired) electrons. The first kappa shape index (κ1) is 15.0. The molecule has 1 saturated heterocycles. The maximum atomic E-state index is 12.2. The fourth-order valence-corrected chi connectivity index (χ4v) is 3.17. The van der Waals surface area contributed by atoms with Crippen molar-refractivity contribution >= 4 is 17.2 Å². The van der Waals surface area contributed by atoms with Gasteiger partial charge < -0.3 is 15.3 Å². The van der Waals surface area contributed by atoms with Crippen molar-refractivity contribution in [3.8, 4) is 11.8 Å². The van der Waals surface area contributed by atoms with Crippen LogP contribution >= 0.6 is 11.3 Å². The van der Waals surface area contributed by atoms with Gasteiger partial charge in [-0.15, -0.1) is 11.3 Å². The number of aliphatic hydroxyl groups is 1. The Morgan fingerprint density at radius 2 is 2.50 bits per heavy atom. The van der Waals surface area contributed by atoms with E-state index >= 15 is 0 Å². The zero-order valence-corrected chi connectivity index (χ0v) is 12.5. The highest BCUT2D eigenvalue weighted by atomic mass is 32.1. The standard InChI is InChI=1S/C15H20N2O2S/c1-2-17-7-5-12(11-17)10-16-15(19)14-13(4-3-8-18)6-9-20-14/h6,9,12,18H,2,5,7-8,10-11H2,1H3,(H,16,19). The van der Waals surface area contributed by atoms with Gasteiger partial charge >= 0.3 is 0 Å². The van der Waals surface area contributed by atoms with Crippen molar-refractivity contribution in [2.45, 2.75) is 13.3 Å². The summed E-state index contributed by atoms with van der Waals surface area (Å²) in [5, 5.41) is 13.6. The summed E-state index contributed by atoms with van der Waals surface area (Å²) in [5.41, 5.74) is 0.697. The van der Waals surface area contributed by atoms with Crippen LogP contribution in [-0.4, -0.2) is 48.7 Å². The van der Waals surface area contributed by atoms with E-state index in [4.69, 9.17) is 5.11 Å². The van der Waals surface area contributed by atoms with Gasteiger partial charge in [0.15, 0.2) is 0 Å². The van der Waals surface area contributed by atoms with E-state index in [1.165, 1.54) is 11.3 Å². The molecule has 1 aromatic heterocycles. The van der Waals surface area contributed by atoms with Gasteiger partial charge in [-0.05, 0) is 36.9 Å². The van der Waals surface area contributed by atoms with Crippen molar-refractivity contribution in [1.82, 2.24) is 10.2 Å². The first-order valence-electron chi connectivity index (χ1n) is 6.92. The number of carbonyl (C=O) groups is 1. The molecular formula is C15H20N2O2S. The van der Waals surface area contributed by atoms with E-state index in [9.17, 15) is 4.79 Å². The summed E-state index contributed by atoms with van der Waals surface area (Å²) in [4.78, 5) is 15.2. The summed E-state index contributed by atoms with van der Waals surface area (Å²) in [6.45, 7) is 5.97. The number of hydrogen-bond acceptors (Lipinski definition) is 4. The summed E-state index contributed by atoms with van der Waals surface area (Å²) < 4.78 is 0. The van der Waals surface area contributed by atoms with Crippen molar-refractivity contribution < 1.29 is 9.90 Å². The number of rotatable bonds is 4. The number of aliphatic hydroxyl groups excluding tert-OH is 1. The van der Waals surface area contributed by atoms with Crippen molar-refractivity contribution in [3.63, 3.8) is 0 Å². The molecular weight excluding hydrogens is 272 g/mol. The van der Waals surface area contributed by atoms with E-state index < -0.39 is 0 Å². The van der Waals surface area contributed by atoms with Crippen LogP contribution in [-0.2, 0) is 0 Å². The normalized spacial score (nSPS) is 18.6. The van der Waals surface area contributed by atoms with Crippen LogP contribution in [0.25, 0.3) is 0 Å². The molecule has 0 saturated carbocycles. The molecule has 0 bridgehead atoms. The largest absolute Gasteiger partial charge is 0.384 e. The van der Waals surface area contributed by atoms with E-state index in [0.717, 1.165) is 32.6 Å². The van der Waals surface area contributed by atoms with Crippen LogP contribution in [0, 0.1) is 17.8 Å². The van der Waals surface area contributed by atoms with Crippen LogP contribution in [0.4, 0.5) is 0 Å². The minimum Gasteiger partial charge on any atom is -0.384 e. The first-order valence-corrected chi connectivity index (χ1v) is 7.80. The molecule has 1 aromatic rings. The lowest BCUT2D eigenvalue weighted by Gasteiger charge is -2.13. The van der Waals surface area contributed by atoms with E-state index in [0.29, 0.717) is 16.4 Å². The molecule has 1 amide bonds.